The van der Waals surface area contributed by atoms with Gasteiger partial charge in [0.15, 0.2) is 0 Å². The second-order valence-corrected chi connectivity index (χ2v) is 4.20. The van der Waals surface area contributed by atoms with E-state index in [9.17, 15) is 9.59 Å². The second-order valence-electron chi connectivity index (χ2n) is 4.20. The van der Waals surface area contributed by atoms with E-state index in [2.05, 4.69) is 10.6 Å². The average molecular weight is 264 g/mol. The summed E-state index contributed by atoms with van der Waals surface area (Å²) < 4.78 is 0. The van der Waals surface area contributed by atoms with Crippen LogP contribution >= 0.6 is 0 Å². The number of hydrogen-bond acceptors (Lipinski definition) is 2. The summed E-state index contributed by atoms with van der Waals surface area (Å²) >= 11 is 0. The van der Waals surface area contributed by atoms with Gasteiger partial charge in [0.2, 0.25) is 0 Å². The fourth-order valence-electron chi connectivity index (χ4n) is 1.73. The maximum Gasteiger partial charge on any atom is 0.321 e. The largest absolute Gasteiger partial charge is 0.341 e. The predicted octanol–water partition coefficient (Wildman–Crippen LogP) is 1.55. The van der Waals surface area contributed by atoms with E-state index in [4.69, 9.17) is 0 Å². The standard InChI is InChI=1S/C13H20N4O2/c1-9-6-7-10(16(4)12(18)14-2)8-11(9)17(5)13(19)15-3/h6-8H,1-5H3,(H,14,18)(H,15,19). The number of anilines is 2. The highest BCUT2D eigenvalue weighted by Crippen LogP contribution is 2.25. The molecular formula is C13H20N4O2. The van der Waals surface area contributed by atoms with Gasteiger partial charge in [-0.1, -0.05) is 6.07 Å². The molecule has 1 rings (SSSR count). The van der Waals surface area contributed by atoms with Crippen molar-refractivity contribution in [1.82, 2.24) is 10.6 Å². The van der Waals surface area contributed by atoms with Gasteiger partial charge in [0.05, 0.1) is 5.69 Å². The Labute approximate surface area is 113 Å². The molecular weight excluding hydrogens is 244 g/mol. The van der Waals surface area contributed by atoms with Crippen molar-refractivity contribution in [3.8, 4) is 0 Å². The molecule has 19 heavy (non-hydrogen) atoms. The van der Waals surface area contributed by atoms with Gasteiger partial charge in [0.25, 0.3) is 0 Å². The van der Waals surface area contributed by atoms with E-state index >= 15 is 0 Å². The first-order chi connectivity index (χ1) is 8.92. The van der Waals surface area contributed by atoms with Crippen molar-refractivity contribution in [3.05, 3.63) is 23.8 Å². The first-order valence-corrected chi connectivity index (χ1v) is 5.94. The number of benzene rings is 1. The zero-order chi connectivity index (χ0) is 14.6. The summed E-state index contributed by atoms with van der Waals surface area (Å²) in [6.45, 7) is 1.92. The molecule has 4 amide bonds. The maximum atomic E-state index is 11.7. The number of aryl methyl sites for hydroxylation is 1. The van der Waals surface area contributed by atoms with E-state index < -0.39 is 0 Å². The van der Waals surface area contributed by atoms with Crippen LogP contribution in [0.25, 0.3) is 0 Å². The molecule has 2 N–H and O–H groups in total. The maximum absolute atomic E-state index is 11.7. The number of carbonyl (C=O) groups is 2. The third kappa shape index (κ3) is 3.15. The minimum atomic E-state index is -0.211. The molecule has 0 aromatic heterocycles. The number of urea groups is 2. The molecule has 0 bridgehead atoms. The zero-order valence-corrected chi connectivity index (χ0v) is 11.9. The summed E-state index contributed by atoms with van der Waals surface area (Å²) in [7, 11) is 6.51. The minimum absolute atomic E-state index is 0.206. The topological polar surface area (TPSA) is 64.7 Å². The van der Waals surface area contributed by atoms with Crippen LogP contribution in [0.4, 0.5) is 21.0 Å². The van der Waals surface area contributed by atoms with Crippen LogP contribution in [0.5, 0.6) is 0 Å². The highest BCUT2D eigenvalue weighted by Gasteiger charge is 2.15. The van der Waals surface area contributed by atoms with Gasteiger partial charge >= 0.3 is 12.1 Å². The fourth-order valence-corrected chi connectivity index (χ4v) is 1.73. The molecule has 0 aliphatic heterocycles. The van der Waals surface area contributed by atoms with Gasteiger partial charge in [-0.05, 0) is 24.6 Å². The van der Waals surface area contributed by atoms with Crippen LogP contribution in [0.1, 0.15) is 5.56 Å². The lowest BCUT2D eigenvalue weighted by molar-refractivity contribution is 0.249. The van der Waals surface area contributed by atoms with Gasteiger partial charge in [-0.15, -0.1) is 0 Å². The van der Waals surface area contributed by atoms with Crippen molar-refractivity contribution in [2.45, 2.75) is 6.92 Å². The molecule has 0 aliphatic rings. The summed E-state index contributed by atoms with van der Waals surface area (Å²) in [5.74, 6) is 0. The molecule has 0 unspecified atom stereocenters. The summed E-state index contributed by atoms with van der Waals surface area (Å²) in [5, 5.41) is 5.12. The molecule has 6 heteroatoms. The van der Waals surface area contributed by atoms with Crippen molar-refractivity contribution in [2.75, 3.05) is 38.0 Å². The lowest BCUT2D eigenvalue weighted by Gasteiger charge is -2.23. The quantitative estimate of drug-likeness (QED) is 0.851. The number of carbonyl (C=O) groups excluding carboxylic acids is 2. The Hall–Kier alpha value is -2.24. The number of nitrogens with zero attached hydrogens (tertiary/aromatic N) is 2. The molecule has 1 aromatic rings. The predicted molar refractivity (Wildman–Crippen MR) is 76.9 cm³/mol. The van der Waals surface area contributed by atoms with E-state index in [1.165, 1.54) is 9.80 Å². The monoisotopic (exact) mass is 264 g/mol. The van der Waals surface area contributed by atoms with Gasteiger partial charge in [0.1, 0.15) is 0 Å². The van der Waals surface area contributed by atoms with E-state index in [1.807, 2.05) is 19.1 Å². The number of rotatable bonds is 2. The molecule has 1 aromatic carbocycles. The van der Waals surface area contributed by atoms with E-state index in [0.717, 1.165) is 16.9 Å². The highest BCUT2D eigenvalue weighted by molar-refractivity contribution is 5.95. The zero-order valence-electron chi connectivity index (χ0n) is 11.9. The van der Waals surface area contributed by atoms with Crippen molar-refractivity contribution in [1.29, 1.82) is 0 Å². The van der Waals surface area contributed by atoms with Crippen LogP contribution in [0, 0.1) is 6.92 Å². The van der Waals surface area contributed by atoms with Crippen LogP contribution < -0.4 is 20.4 Å². The molecule has 0 radical (unpaired) electrons. The first-order valence-electron chi connectivity index (χ1n) is 5.94. The lowest BCUT2D eigenvalue weighted by atomic mass is 10.1. The highest BCUT2D eigenvalue weighted by atomic mass is 16.2. The summed E-state index contributed by atoms with van der Waals surface area (Å²) in [6.07, 6.45) is 0. The molecule has 0 spiro atoms. The van der Waals surface area contributed by atoms with Gasteiger partial charge < -0.3 is 10.6 Å². The Morgan fingerprint density at radius 3 is 2.05 bits per heavy atom. The van der Waals surface area contributed by atoms with Crippen LogP contribution in [0.15, 0.2) is 18.2 Å². The van der Waals surface area contributed by atoms with E-state index in [1.54, 1.807) is 34.3 Å². The molecule has 6 nitrogen and oxygen atoms in total. The number of nitrogens with one attached hydrogen (secondary N) is 2. The molecule has 104 valence electrons. The normalized spacial score (nSPS) is 9.74. The van der Waals surface area contributed by atoms with E-state index in [0.29, 0.717) is 0 Å². The fraction of sp³-hybridized carbons (Fsp3) is 0.385. The third-order valence-corrected chi connectivity index (χ3v) is 2.98. The Morgan fingerprint density at radius 2 is 1.53 bits per heavy atom. The Balaban J connectivity index is 3.13. The Morgan fingerprint density at radius 1 is 1.00 bits per heavy atom. The smallest absolute Gasteiger partial charge is 0.321 e. The SMILES string of the molecule is CNC(=O)N(C)c1ccc(C)c(N(C)C(=O)NC)c1. The molecule has 0 aliphatic carbocycles. The Bertz CT molecular complexity index is 488. The summed E-state index contributed by atoms with van der Waals surface area (Å²) in [4.78, 5) is 26.2. The van der Waals surface area contributed by atoms with Crippen LogP contribution in [-0.2, 0) is 0 Å². The van der Waals surface area contributed by atoms with Crippen molar-refractivity contribution in [3.63, 3.8) is 0 Å². The first kappa shape index (κ1) is 14.8. The van der Waals surface area contributed by atoms with Crippen molar-refractivity contribution < 1.29 is 9.59 Å². The molecule has 0 saturated carbocycles. The Kier molecular flexibility index (Phi) is 4.74. The van der Waals surface area contributed by atoms with Crippen LogP contribution in [-0.4, -0.2) is 40.3 Å². The van der Waals surface area contributed by atoms with Gasteiger partial charge in [0, 0.05) is 33.9 Å². The van der Waals surface area contributed by atoms with Crippen molar-refractivity contribution >= 4 is 23.4 Å². The third-order valence-electron chi connectivity index (χ3n) is 2.98. The van der Waals surface area contributed by atoms with E-state index in [-0.39, 0.29) is 12.1 Å². The number of amides is 4. The molecule has 0 fully saturated rings. The average Bonchev–Trinajstić information content (AvgIpc) is 2.44. The minimum Gasteiger partial charge on any atom is -0.341 e. The molecule has 0 atom stereocenters. The van der Waals surface area contributed by atoms with Gasteiger partial charge in [-0.25, -0.2) is 9.59 Å². The number of hydrogen-bond donors (Lipinski definition) is 2. The summed E-state index contributed by atoms with van der Waals surface area (Å²) in [5.41, 5.74) is 2.43. The molecule has 0 heterocycles. The summed E-state index contributed by atoms with van der Waals surface area (Å²) in [6, 6.07) is 5.11. The van der Waals surface area contributed by atoms with Gasteiger partial charge in [-0.2, -0.15) is 0 Å². The van der Waals surface area contributed by atoms with Gasteiger partial charge in [-0.3, -0.25) is 9.80 Å². The van der Waals surface area contributed by atoms with Crippen LogP contribution in [0.3, 0.4) is 0 Å². The lowest BCUT2D eigenvalue weighted by Crippen LogP contribution is -2.36. The van der Waals surface area contributed by atoms with Crippen molar-refractivity contribution in [2.24, 2.45) is 0 Å². The van der Waals surface area contributed by atoms with Crippen LogP contribution in [0.2, 0.25) is 0 Å². The second kappa shape index (κ2) is 6.08. The molecule has 0 saturated heterocycles.